The van der Waals surface area contributed by atoms with Gasteiger partial charge in [-0.2, -0.15) is 0 Å². The van der Waals surface area contributed by atoms with Gasteiger partial charge in [-0.15, -0.1) is 0 Å². The van der Waals surface area contributed by atoms with Gasteiger partial charge in [0.05, 0.1) is 23.9 Å². The van der Waals surface area contributed by atoms with Crippen LogP contribution in [-0.2, 0) is 14.3 Å². The summed E-state index contributed by atoms with van der Waals surface area (Å²) in [5, 5.41) is 11.7. The van der Waals surface area contributed by atoms with Gasteiger partial charge in [-0.1, -0.05) is 50.0 Å². The lowest BCUT2D eigenvalue weighted by atomic mass is 9.95. The molecule has 1 aromatic heterocycles. The van der Waals surface area contributed by atoms with Crippen molar-refractivity contribution in [2.24, 2.45) is 5.92 Å². The van der Waals surface area contributed by atoms with Crippen LogP contribution < -0.4 is 19.1 Å². The molecule has 0 unspecified atom stereocenters. The number of carbonyl (C=O) groups excluding carboxylic acids is 3. The predicted octanol–water partition coefficient (Wildman–Crippen LogP) is 5.62. The molecule has 1 atom stereocenters. The maximum absolute atomic E-state index is 13.7. The van der Waals surface area contributed by atoms with Crippen LogP contribution in [0.2, 0.25) is 0 Å². The minimum absolute atomic E-state index is 0.00908. The minimum atomic E-state index is -1.07. The predicted molar refractivity (Wildman–Crippen MR) is 161 cm³/mol. The molecule has 1 amide bonds. The van der Waals surface area contributed by atoms with E-state index in [0.717, 1.165) is 17.8 Å². The molecular weight excluding hydrogens is 572 g/mol. The highest BCUT2D eigenvalue weighted by Gasteiger charge is 2.48. The van der Waals surface area contributed by atoms with Crippen LogP contribution in [0.4, 0.5) is 5.13 Å². The standard InChI is InChI=1S/C32H32N2O8S/c1-5-12-42-31(38)29-19(4)33-32(43-29)34-26(20-7-6-8-22(16-20)39-13-11-18(2)3)25(28(36)30(34)37)27(35)21-9-10-23-24(17-21)41-15-14-40-23/h5-10,16-18,26,35H,1,11-15H2,2-4H3/t26-/m1/s1. The first kappa shape index (κ1) is 29.8. The number of carbonyl (C=O) groups is 3. The smallest absolute Gasteiger partial charge is 0.350 e. The average molecular weight is 605 g/mol. The Morgan fingerprint density at radius 2 is 1.95 bits per heavy atom. The van der Waals surface area contributed by atoms with Crippen molar-refractivity contribution in [1.82, 2.24) is 4.98 Å². The summed E-state index contributed by atoms with van der Waals surface area (Å²) in [5.74, 6) is -0.866. The Hall–Kier alpha value is -4.64. The molecule has 5 rings (SSSR count). The third kappa shape index (κ3) is 6.12. The highest BCUT2D eigenvalue weighted by molar-refractivity contribution is 7.17. The molecule has 0 radical (unpaired) electrons. The number of hydrogen-bond donors (Lipinski definition) is 1. The zero-order valence-electron chi connectivity index (χ0n) is 24.1. The van der Waals surface area contributed by atoms with Crippen molar-refractivity contribution in [3.05, 3.63) is 82.4 Å². The summed E-state index contributed by atoms with van der Waals surface area (Å²) in [4.78, 5) is 45.8. The zero-order chi connectivity index (χ0) is 30.7. The van der Waals surface area contributed by atoms with Crippen molar-refractivity contribution >= 4 is 39.9 Å². The van der Waals surface area contributed by atoms with Crippen molar-refractivity contribution in [1.29, 1.82) is 0 Å². The van der Waals surface area contributed by atoms with E-state index < -0.39 is 23.7 Å². The third-order valence-electron chi connectivity index (χ3n) is 6.91. The maximum atomic E-state index is 13.7. The lowest BCUT2D eigenvalue weighted by molar-refractivity contribution is -0.132. The third-order valence-corrected chi connectivity index (χ3v) is 8.04. The number of rotatable bonds is 10. The van der Waals surface area contributed by atoms with Crippen LogP contribution in [0, 0.1) is 12.8 Å². The largest absolute Gasteiger partial charge is 0.507 e. The van der Waals surface area contributed by atoms with Gasteiger partial charge in [0.25, 0.3) is 5.78 Å². The molecule has 0 saturated carbocycles. The van der Waals surface area contributed by atoms with Gasteiger partial charge in [-0.25, -0.2) is 9.78 Å². The first-order valence-electron chi connectivity index (χ1n) is 13.9. The van der Waals surface area contributed by atoms with E-state index in [0.29, 0.717) is 54.2 Å². The number of anilines is 1. The molecule has 3 aromatic rings. The van der Waals surface area contributed by atoms with Crippen LogP contribution in [0.3, 0.4) is 0 Å². The van der Waals surface area contributed by atoms with Gasteiger partial charge in [0.15, 0.2) is 16.6 Å². The van der Waals surface area contributed by atoms with Gasteiger partial charge < -0.3 is 24.1 Å². The Labute approximate surface area is 253 Å². The van der Waals surface area contributed by atoms with Crippen LogP contribution in [0.1, 0.15) is 52.8 Å². The van der Waals surface area contributed by atoms with Gasteiger partial charge >= 0.3 is 11.9 Å². The molecule has 1 N–H and O–H groups in total. The van der Waals surface area contributed by atoms with E-state index in [9.17, 15) is 19.5 Å². The van der Waals surface area contributed by atoms with Crippen molar-refractivity contribution < 1.29 is 38.4 Å². The minimum Gasteiger partial charge on any atom is -0.507 e. The van der Waals surface area contributed by atoms with Crippen molar-refractivity contribution in [3.63, 3.8) is 0 Å². The van der Waals surface area contributed by atoms with Crippen molar-refractivity contribution in [2.75, 3.05) is 31.3 Å². The SMILES string of the molecule is C=CCOC(=O)c1sc(N2C(=O)C(=O)C(=C(O)c3ccc4c(c3)OCCO4)[C@H]2c2cccc(OCCC(C)C)c2)nc1C. The number of aliphatic hydroxyl groups excluding tert-OH is 1. The lowest BCUT2D eigenvalue weighted by Gasteiger charge is -2.24. The van der Waals surface area contributed by atoms with Gasteiger partial charge in [0.1, 0.15) is 36.2 Å². The Bertz CT molecular complexity index is 1610. The van der Waals surface area contributed by atoms with E-state index in [1.54, 1.807) is 49.4 Å². The molecule has 224 valence electrons. The maximum Gasteiger partial charge on any atom is 0.350 e. The number of thiazole rings is 1. The van der Waals surface area contributed by atoms with Crippen LogP contribution in [0.25, 0.3) is 5.76 Å². The number of benzene rings is 2. The summed E-state index contributed by atoms with van der Waals surface area (Å²) >= 11 is 0.930. The quantitative estimate of drug-likeness (QED) is 0.103. The molecule has 1 saturated heterocycles. The molecule has 0 spiro atoms. The first-order chi connectivity index (χ1) is 20.7. The second-order valence-electron chi connectivity index (χ2n) is 10.4. The van der Waals surface area contributed by atoms with Gasteiger partial charge in [-0.3, -0.25) is 14.5 Å². The number of aryl methyl sites for hydroxylation is 1. The first-order valence-corrected chi connectivity index (χ1v) is 14.7. The number of hydrogen-bond acceptors (Lipinski definition) is 10. The molecule has 2 aliphatic rings. The van der Waals surface area contributed by atoms with Crippen LogP contribution in [-0.4, -0.2) is 54.2 Å². The number of fused-ring (bicyclic) bond motifs is 1. The molecular formula is C32H32N2O8S. The number of nitrogens with zero attached hydrogens (tertiary/aromatic N) is 2. The van der Waals surface area contributed by atoms with Gasteiger partial charge in [0.2, 0.25) is 0 Å². The van der Waals surface area contributed by atoms with E-state index in [-0.39, 0.29) is 33.5 Å². The number of aromatic nitrogens is 1. The number of ether oxygens (including phenoxy) is 4. The summed E-state index contributed by atoms with van der Waals surface area (Å²) in [7, 11) is 0. The molecule has 1 fully saturated rings. The molecule has 11 heteroatoms. The highest BCUT2D eigenvalue weighted by Crippen LogP contribution is 2.45. The molecule has 0 aliphatic carbocycles. The number of Topliss-reactive ketones (excluding diaryl/α,β-unsaturated/α-hetero) is 1. The zero-order valence-corrected chi connectivity index (χ0v) is 24.9. The average Bonchev–Trinajstić information content (AvgIpc) is 3.51. The molecule has 2 aromatic carbocycles. The summed E-state index contributed by atoms with van der Waals surface area (Å²) in [6.45, 7) is 10.6. The topological polar surface area (TPSA) is 124 Å². The van der Waals surface area contributed by atoms with Gasteiger partial charge in [-0.05, 0) is 55.2 Å². The van der Waals surface area contributed by atoms with Crippen LogP contribution in [0.15, 0.2) is 60.7 Å². The Balaban J connectivity index is 1.62. The monoisotopic (exact) mass is 604 g/mol. The Kier molecular flexibility index (Phi) is 8.81. The van der Waals surface area contributed by atoms with E-state index in [2.05, 4.69) is 25.4 Å². The summed E-state index contributed by atoms with van der Waals surface area (Å²) in [6, 6.07) is 10.8. The lowest BCUT2D eigenvalue weighted by Crippen LogP contribution is -2.29. The van der Waals surface area contributed by atoms with Crippen LogP contribution >= 0.6 is 11.3 Å². The van der Waals surface area contributed by atoms with Crippen LogP contribution in [0.5, 0.6) is 17.2 Å². The van der Waals surface area contributed by atoms with Crippen molar-refractivity contribution in [2.45, 2.75) is 33.2 Å². The summed E-state index contributed by atoms with van der Waals surface area (Å²) < 4.78 is 22.4. The fourth-order valence-corrected chi connectivity index (χ4v) is 5.74. The van der Waals surface area contributed by atoms with E-state index in [4.69, 9.17) is 18.9 Å². The number of esters is 1. The van der Waals surface area contributed by atoms with Gasteiger partial charge in [0, 0.05) is 5.56 Å². The number of amides is 1. The van der Waals surface area contributed by atoms with E-state index in [1.165, 1.54) is 11.0 Å². The fourth-order valence-electron chi connectivity index (χ4n) is 4.75. The molecule has 2 aliphatic heterocycles. The fraction of sp³-hybridized carbons (Fsp3) is 0.312. The van der Waals surface area contributed by atoms with E-state index >= 15 is 0 Å². The number of ketones is 1. The second kappa shape index (κ2) is 12.7. The summed E-state index contributed by atoms with van der Waals surface area (Å²) in [6.07, 6.45) is 2.29. The molecule has 0 bridgehead atoms. The van der Waals surface area contributed by atoms with E-state index in [1.807, 2.05) is 0 Å². The highest BCUT2D eigenvalue weighted by atomic mass is 32.1. The Morgan fingerprint density at radius 3 is 2.70 bits per heavy atom. The second-order valence-corrected chi connectivity index (χ2v) is 11.4. The molecule has 43 heavy (non-hydrogen) atoms. The molecule has 3 heterocycles. The summed E-state index contributed by atoms with van der Waals surface area (Å²) in [5.41, 5.74) is 1.00. The van der Waals surface area contributed by atoms with Crippen molar-refractivity contribution in [3.8, 4) is 17.2 Å². The molecule has 10 nitrogen and oxygen atoms in total. The normalized spacial score (nSPS) is 17.3. The Morgan fingerprint density at radius 1 is 1.19 bits per heavy atom. The number of aliphatic hydroxyl groups is 1.